The van der Waals surface area contributed by atoms with Crippen LogP contribution in [-0.4, -0.2) is 35.6 Å². The number of hydrogen-bond donors (Lipinski definition) is 2. The SMILES string of the molecule is CCOc1ccc([C@H](CC(=O)O)NC(=O)c2ccc([N+](=O)[O-])cc2)cc1OC. The molecule has 2 aromatic rings. The van der Waals surface area contributed by atoms with Crippen LogP contribution < -0.4 is 14.8 Å². The minimum Gasteiger partial charge on any atom is -0.493 e. The summed E-state index contributed by atoms with van der Waals surface area (Å²) in [6.45, 7) is 2.26. The molecular weight excluding hydrogens is 368 g/mol. The molecule has 0 aliphatic carbocycles. The average molecular weight is 388 g/mol. The van der Waals surface area contributed by atoms with Crippen LogP contribution in [0.3, 0.4) is 0 Å². The molecule has 0 heterocycles. The molecule has 0 radical (unpaired) electrons. The molecule has 9 nitrogen and oxygen atoms in total. The highest BCUT2D eigenvalue weighted by Crippen LogP contribution is 2.31. The number of carboxylic acids is 1. The smallest absolute Gasteiger partial charge is 0.305 e. The third-order valence-electron chi connectivity index (χ3n) is 3.91. The van der Waals surface area contributed by atoms with Crippen LogP contribution in [0.15, 0.2) is 42.5 Å². The summed E-state index contributed by atoms with van der Waals surface area (Å²) in [5.74, 6) is -0.723. The predicted molar refractivity (Wildman–Crippen MR) is 99.7 cm³/mol. The second kappa shape index (κ2) is 9.36. The number of nitrogens with one attached hydrogen (secondary N) is 1. The lowest BCUT2D eigenvalue weighted by molar-refractivity contribution is -0.384. The van der Waals surface area contributed by atoms with E-state index in [1.807, 2.05) is 6.92 Å². The fourth-order valence-corrected chi connectivity index (χ4v) is 2.58. The molecule has 28 heavy (non-hydrogen) atoms. The van der Waals surface area contributed by atoms with Crippen LogP contribution in [0, 0.1) is 10.1 Å². The molecule has 0 spiro atoms. The first-order chi connectivity index (χ1) is 13.3. The molecule has 2 N–H and O–H groups in total. The highest BCUT2D eigenvalue weighted by Gasteiger charge is 2.21. The maximum Gasteiger partial charge on any atom is 0.305 e. The van der Waals surface area contributed by atoms with E-state index >= 15 is 0 Å². The van der Waals surface area contributed by atoms with Gasteiger partial charge in [0, 0.05) is 17.7 Å². The minimum absolute atomic E-state index is 0.144. The number of benzene rings is 2. The summed E-state index contributed by atoms with van der Waals surface area (Å²) in [7, 11) is 1.46. The molecule has 0 unspecified atom stereocenters. The van der Waals surface area contributed by atoms with E-state index < -0.39 is 22.8 Å². The fourth-order valence-electron chi connectivity index (χ4n) is 2.58. The summed E-state index contributed by atoms with van der Waals surface area (Å²) in [6, 6.07) is 9.11. The van der Waals surface area contributed by atoms with E-state index in [9.17, 15) is 24.8 Å². The maximum atomic E-state index is 12.5. The standard InChI is InChI=1S/C19H20N2O7/c1-3-28-16-9-6-13(10-17(16)27-2)15(11-18(22)23)20-19(24)12-4-7-14(8-5-12)21(25)26/h4-10,15H,3,11H2,1-2H3,(H,20,24)(H,22,23)/t15-/m0/s1. The van der Waals surface area contributed by atoms with Crippen molar-refractivity contribution < 1.29 is 29.1 Å². The van der Waals surface area contributed by atoms with Gasteiger partial charge in [0.1, 0.15) is 0 Å². The Balaban J connectivity index is 2.27. The van der Waals surface area contributed by atoms with E-state index in [2.05, 4.69) is 5.32 Å². The van der Waals surface area contributed by atoms with E-state index in [0.29, 0.717) is 23.7 Å². The molecule has 148 valence electrons. The highest BCUT2D eigenvalue weighted by molar-refractivity contribution is 5.94. The summed E-state index contributed by atoms with van der Waals surface area (Å²) in [5.41, 5.74) is 0.562. The van der Waals surface area contributed by atoms with E-state index in [0.717, 1.165) is 0 Å². The minimum atomic E-state index is -1.10. The van der Waals surface area contributed by atoms with Crippen molar-refractivity contribution in [1.82, 2.24) is 5.32 Å². The zero-order valence-electron chi connectivity index (χ0n) is 15.4. The van der Waals surface area contributed by atoms with Crippen molar-refractivity contribution in [2.45, 2.75) is 19.4 Å². The Morgan fingerprint density at radius 1 is 1.18 bits per heavy atom. The zero-order valence-corrected chi connectivity index (χ0v) is 15.4. The number of nitrogens with zero attached hydrogens (tertiary/aromatic N) is 1. The van der Waals surface area contributed by atoms with Gasteiger partial charge in [0.05, 0.1) is 31.1 Å². The largest absolute Gasteiger partial charge is 0.493 e. The molecule has 0 saturated carbocycles. The molecule has 2 rings (SSSR count). The Bertz CT molecular complexity index is 865. The highest BCUT2D eigenvalue weighted by atomic mass is 16.6. The van der Waals surface area contributed by atoms with Gasteiger partial charge in [-0.1, -0.05) is 6.07 Å². The summed E-state index contributed by atoms with van der Waals surface area (Å²) in [5, 5.41) is 22.6. The number of carbonyl (C=O) groups excluding carboxylic acids is 1. The van der Waals surface area contributed by atoms with Gasteiger partial charge >= 0.3 is 5.97 Å². The number of ether oxygens (including phenoxy) is 2. The van der Waals surface area contributed by atoms with Crippen LogP contribution >= 0.6 is 0 Å². The van der Waals surface area contributed by atoms with Crippen molar-refractivity contribution >= 4 is 17.6 Å². The Hall–Kier alpha value is -3.62. The molecule has 0 aliphatic rings. The van der Waals surface area contributed by atoms with Gasteiger partial charge in [0.15, 0.2) is 11.5 Å². The third-order valence-corrected chi connectivity index (χ3v) is 3.91. The molecule has 9 heteroatoms. The van der Waals surface area contributed by atoms with Crippen molar-refractivity contribution in [2.24, 2.45) is 0 Å². The fraction of sp³-hybridized carbons (Fsp3) is 0.263. The number of carboxylic acid groups (broad SMARTS) is 1. The predicted octanol–water partition coefficient (Wildman–Crippen LogP) is 2.95. The van der Waals surface area contributed by atoms with E-state index in [1.54, 1.807) is 18.2 Å². The maximum absolute atomic E-state index is 12.5. The van der Waals surface area contributed by atoms with Crippen LogP contribution in [-0.2, 0) is 4.79 Å². The first-order valence-electron chi connectivity index (χ1n) is 8.43. The van der Waals surface area contributed by atoms with Crippen LogP contribution in [0.1, 0.15) is 35.3 Å². The Kier molecular flexibility index (Phi) is 6.91. The summed E-state index contributed by atoms with van der Waals surface area (Å²) >= 11 is 0. The molecule has 1 amide bonds. The number of aliphatic carboxylic acids is 1. The number of nitro groups is 1. The number of methoxy groups -OCH3 is 1. The lowest BCUT2D eigenvalue weighted by Gasteiger charge is -2.19. The van der Waals surface area contributed by atoms with Gasteiger partial charge in [0.2, 0.25) is 0 Å². The quantitative estimate of drug-likeness (QED) is 0.499. The van der Waals surface area contributed by atoms with E-state index in [4.69, 9.17) is 9.47 Å². The molecule has 1 atom stereocenters. The first kappa shape index (κ1) is 20.7. The van der Waals surface area contributed by atoms with Gasteiger partial charge in [-0.2, -0.15) is 0 Å². The summed E-state index contributed by atoms with van der Waals surface area (Å²) < 4.78 is 10.7. The second-order valence-corrected chi connectivity index (χ2v) is 5.77. The van der Waals surface area contributed by atoms with Crippen LogP contribution in [0.25, 0.3) is 0 Å². The second-order valence-electron chi connectivity index (χ2n) is 5.77. The topological polar surface area (TPSA) is 128 Å². The molecular formula is C19H20N2O7. The van der Waals surface area contributed by atoms with Gasteiger partial charge < -0.3 is 19.9 Å². The van der Waals surface area contributed by atoms with Crippen molar-refractivity contribution in [3.63, 3.8) is 0 Å². The number of rotatable bonds is 9. The van der Waals surface area contributed by atoms with Crippen molar-refractivity contribution in [1.29, 1.82) is 0 Å². The molecule has 0 bridgehead atoms. The average Bonchev–Trinajstić information content (AvgIpc) is 2.67. The van der Waals surface area contributed by atoms with Gasteiger partial charge in [-0.3, -0.25) is 19.7 Å². The number of hydrogen-bond acceptors (Lipinski definition) is 6. The summed E-state index contributed by atoms with van der Waals surface area (Å²) in [6.07, 6.45) is -0.351. The van der Waals surface area contributed by atoms with Crippen LogP contribution in [0.5, 0.6) is 11.5 Å². The third kappa shape index (κ3) is 5.19. The molecule has 0 saturated heterocycles. The van der Waals surface area contributed by atoms with Crippen LogP contribution in [0.4, 0.5) is 5.69 Å². The molecule has 0 aromatic heterocycles. The van der Waals surface area contributed by atoms with Crippen molar-refractivity contribution in [3.8, 4) is 11.5 Å². The Morgan fingerprint density at radius 2 is 1.86 bits per heavy atom. The lowest BCUT2D eigenvalue weighted by atomic mass is 10.0. The first-order valence-corrected chi connectivity index (χ1v) is 8.43. The van der Waals surface area contributed by atoms with E-state index in [-0.39, 0.29) is 17.7 Å². The van der Waals surface area contributed by atoms with Crippen molar-refractivity contribution in [2.75, 3.05) is 13.7 Å². The number of nitro benzene ring substituents is 1. The molecule has 0 aliphatic heterocycles. The van der Waals surface area contributed by atoms with Gasteiger partial charge in [-0.15, -0.1) is 0 Å². The number of amides is 1. The summed E-state index contributed by atoms with van der Waals surface area (Å²) in [4.78, 5) is 33.9. The molecule has 0 fully saturated rings. The number of carbonyl (C=O) groups is 2. The van der Waals surface area contributed by atoms with Crippen LogP contribution in [0.2, 0.25) is 0 Å². The van der Waals surface area contributed by atoms with Crippen molar-refractivity contribution in [3.05, 3.63) is 63.7 Å². The Labute approximate surface area is 161 Å². The van der Waals surface area contributed by atoms with E-state index in [1.165, 1.54) is 31.4 Å². The van der Waals surface area contributed by atoms with Gasteiger partial charge in [0.25, 0.3) is 11.6 Å². The zero-order chi connectivity index (χ0) is 20.7. The molecule has 2 aromatic carbocycles. The normalized spacial score (nSPS) is 11.4. The lowest BCUT2D eigenvalue weighted by Crippen LogP contribution is -2.30. The Morgan fingerprint density at radius 3 is 2.39 bits per heavy atom. The van der Waals surface area contributed by atoms with Gasteiger partial charge in [-0.25, -0.2) is 0 Å². The van der Waals surface area contributed by atoms with Gasteiger partial charge in [-0.05, 0) is 36.8 Å². The number of non-ortho nitro benzene ring substituents is 1. The monoisotopic (exact) mass is 388 g/mol.